The highest BCUT2D eigenvalue weighted by Crippen LogP contribution is 2.07. The normalized spacial score (nSPS) is 12.5. The molecule has 72 valence electrons. The second-order valence-electron chi connectivity index (χ2n) is 3.26. The van der Waals surface area contributed by atoms with Gasteiger partial charge in [0.25, 0.3) is 0 Å². The first kappa shape index (κ1) is 10.1. The molecule has 0 amide bonds. The summed E-state index contributed by atoms with van der Waals surface area (Å²) in [7, 11) is 0. The third-order valence-corrected chi connectivity index (χ3v) is 1.99. The van der Waals surface area contributed by atoms with E-state index in [1.807, 2.05) is 30.3 Å². The van der Waals surface area contributed by atoms with E-state index in [9.17, 15) is 0 Å². The van der Waals surface area contributed by atoms with Crippen LogP contribution in [0.5, 0.6) is 0 Å². The first-order valence-electron chi connectivity index (χ1n) is 4.90. The molecule has 1 rings (SSSR count). The molecule has 13 heavy (non-hydrogen) atoms. The second kappa shape index (κ2) is 5.60. The monoisotopic (exact) mass is 178 g/mol. The Bertz CT molecular complexity index is 221. The summed E-state index contributed by atoms with van der Waals surface area (Å²) in [5, 5.41) is 3.25. The largest absolute Gasteiger partial charge is 0.370 e. The van der Waals surface area contributed by atoms with Crippen LogP contribution < -0.4 is 11.1 Å². The molecule has 1 atom stereocenters. The van der Waals surface area contributed by atoms with Crippen molar-refractivity contribution in [2.75, 3.05) is 5.32 Å². The predicted octanol–water partition coefficient (Wildman–Crippen LogP) is 2.57. The van der Waals surface area contributed by atoms with Crippen molar-refractivity contribution < 1.29 is 0 Å². The fourth-order valence-electron chi connectivity index (χ4n) is 1.24. The average molecular weight is 178 g/mol. The van der Waals surface area contributed by atoms with E-state index in [1.54, 1.807) is 0 Å². The van der Waals surface area contributed by atoms with Gasteiger partial charge in [0.05, 0.1) is 6.17 Å². The number of hydrogen-bond donors (Lipinski definition) is 2. The maximum Gasteiger partial charge on any atom is 0.0743 e. The van der Waals surface area contributed by atoms with Crippen molar-refractivity contribution >= 4 is 5.69 Å². The van der Waals surface area contributed by atoms with Crippen LogP contribution in [0.1, 0.15) is 26.2 Å². The highest BCUT2D eigenvalue weighted by atomic mass is 15.0. The van der Waals surface area contributed by atoms with Gasteiger partial charge in [0.1, 0.15) is 0 Å². The van der Waals surface area contributed by atoms with Crippen LogP contribution in [0, 0.1) is 0 Å². The van der Waals surface area contributed by atoms with Crippen molar-refractivity contribution in [1.29, 1.82) is 0 Å². The van der Waals surface area contributed by atoms with Crippen LogP contribution in [0.4, 0.5) is 5.69 Å². The summed E-state index contributed by atoms with van der Waals surface area (Å²) in [6.45, 7) is 2.18. The molecule has 3 N–H and O–H groups in total. The molecule has 0 saturated carbocycles. The van der Waals surface area contributed by atoms with Crippen molar-refractivity contribution in [1.82, 2.24) is 0 Å². The number of nitrogens with two attached hydrogens (primary N) is 1. The fourth-order valence-corrected chi connectivity index (χ4v) is 1.24. The van der Waals surface area contributed by atoms with E-state index in [1.165, 1.54) is 12.8 Å². The number of anilines is 1. The zero-order valence-electron chi connectivity index (χ0n) is 8.16. The van der Waals surface area contributed by atoms with Crippen molar-refractivity contribution in [3.8, 4) is 0 Å². The molecule has 0 saturated heterocycles. The highest BCUT2D eigenvalue weighted by Gasteiger charge is 1.99. The summed E-state index contributed by atoms with van der Waals surface area (Å²) in [5.74, 6) is 0. The third-order valence-electron chi connectivity index (χ3n) is 1.99. The van der Waals surface area contributed by atoms with Gasteiger partial charge < -0.3 is 11.1 Å². The van der Waals surface area contributed by atoms with Crippen LogP contribution >= 0.6 is 0 Å². The second-order valence-corrected chi connectivity index (χ2v) is 3.26. The molecule has 0 aliphatic heterocycles. The topological polar surface area (TPSA) is 38.0 Å². The maximum atomic E-state index is 5.88. The Kier molecular flexibility index (Phi) is 4.33. The van der Waals surface area contributed by atoms with E-state index >= 15 is 0 Å². The minimum atomic E-state index is 0.0855. The molecule has 0 fully saturated rings. The third kappa shape index (κ3) is 3.95. The lowest BCUT2D eigenvalue weighted by Gasteiger charge is -2.14. The first-order chi connectivity index (χ1) is 6.33. The highest BCUT2D eigenvalue weighted by molar-refractivity contribution is 5.42. The minimum Gasteiger partial charge on any atom is -0.370 e. The summed E-state index contributed by atoms with van der Waals surface area (Å²) in [5.41, 5.74) is 6.98. The van der Waals surface area contributed by atoms with E-state index in [4.69, 9.17) is 5.73 Å². The summed E-state index contributed by atoms with van der Waals surface area (Å²) in [6.07, 6.45) is 3.50. The number of nitrogens with one attached hydrogen (secondary N) is 1. The quantitative estimate of drug-likeness (QED) is 0.680. The lowest BCUT2D eigenvalue weighted by molar-refractivity contribution is 0.626. The number of rotatable bonds is 5. The summed E-state index contributed by atoms with van der Waals surface area (Å²) in [4.78, 5) is 0. The molecule has 2 heteroatoms. The van der Waals surface area contributed by atoms with E-state index < -0.39 is 0 Å². The van der Waals surface area contributed by atoms with Gasteiger partial charge in [-0.25, -0.2) is 0 Å². The van der Waals surface area contributed by atoms with Gasteiger partial charge in [-0.3, -0.25) is 0 Å². The molecule has 0 aliphatic carbocycles. The fraction of sp³-hybridized carbons (Fsp3) is 0.455. The van der Waals surface area contributed by atoms with Gasteiger partial charge >= 0.3 is 0 Å². The molecule has 2 nitrogen and oxygen atoms in total. The first-order valence-corrected chi connectivity index (χ1v) is 4.90. The Morgan fingerprint density at radius 2 is 2.00 bits per heavy atom. The standard InChI is InChI=1S/C11H18N2/c1-2-3-9-11(12)13-10-7-5-4-6-8-10/h4-8,11,13H,2-3,9,12H2,1H3. The molecular formula is C11H18N2. The van der Waals surface area contributed by atoms with E-state index in [0.717, 1.165) is 12.1 Å². The molecule has 0 bridgehead atoms. The van der Waals surface area contributed by atoms with Gasteiger partial charge in [-0.2, -0.15) is 0 Å². The summed E-state index contributed by atoms with van der Waals surface area (Å²) < 4.78 is 0. The Labute approximate surface area is 80.1 Å². The zero-order valence-corrected chi connectivity index (χ0v) is 8.16. The number of para-hydroxylation sites is 1. The number of benzene rings is 1. The Morgan fingerprint density at radius 3 is 2.62 bits per heavy atom. The van der Waals surface area contributed by atoms with Crippen LogP contribution in [0.3, 0.4) is 0 Å². The van der Waals surface area contributed by atoms with Crippen molar-refractivity contribution in [2.45, 2.75) is 32.4 Å². The van der Waals surface area contributed by atoms with Crippen LogP contribution in [0.15, 0.2) is 30.3 Å². The maximum absolute atomic E-state index is 5.88. The molecule has 1 unspecified atom stereocenters. The number of unbranched alkanes of at least 4 members (excludes halogenated alkanes) is 1. The molecule has 0 spiro atoms. The van der Waals surface area contributed by atoms with Crippen LogP contribution in [0.25, 0.3) is 0 Å². The molecule has 0 aliphatic rings. The Hall–Kier alpha value is -1.02. The molecule has 0 heterocycles. The zero-order chi connectivity index (χ0) is 9.52. The van der Waals surface area contributed by atoms with Crippen LogP contribution in [0.2, 0.25) is 0 Å². The van der Waals surface area contributed by atoms with Gasteiger partial charge in [-0.05, 0) is 18.6 Å². The Balaban J connectivity index is 2.32. The van der Waals surface area contributed by atoms with Crippen LogP contribution in [-0.4, -0.2) is 6.17 Å². The predicted molar refractivity (Wildman–Crippen MR) is 57.6 cm³/mol. The van der Waals surface area contributed by atoms with E-state index in [0.29, 0.717) is 0 Å². The SMILES string of the molecule is CCCCC(N)Nc1ccccc1. The average Bonchev–Trinajstić information content (AvgIpc) is 2.16. The minimum absolute atomic E-state index is 0.0855. The molecule has 0 aromatic heterocycles. The molecule has 1 aromatic carbocycles. The van der Waals surface area contributed by atoms with E-state index in [-0.39, 0.29) is 6.17 Å². The van der Waals surface area contributed by atoms with Gasteiger partial charge in [0, 0.05) is 5.69 Å². The summed E-state index contributed by atoms with van der Waals surface area (Å²) in [6, 6.07) is 10.1. The molecule has 1 aromatic rings. The summed E-state index contributed by atoms with van der Waals surface area (Å²) >= 11 is 0. The van der Waals surface area contributed by atoms with Gasteiger partial charge in [-0.15, -0.1) is 0 Å². The Morgan fingerprint density at radius 1 is 1.31 bits per heavy atom. The van der Waals surface area contributed by atoms with Crippen molar-refractivity contribution in [3.05, 3.63) is 30.3 Å². The van der Waals surface area contributed by atoms with Gasteiger partial charge in [-0.1, -0.05) is 38.0 Å². The van der Waals surface area contributed by atoms with Crippen LogP contribution in [-0.2, 0) is 0 Å². The lowest BCUT2D eigenvalue weighted by atomic mass is 10.2. The van der Waals surface area contributed by atoms with Crippen molar-refractivity contribution in [2.24, 2.45) is 5.73 Å². The lowest BCUT2D eigenvalue weighted by Crippen LogP contribution is -2.29. The molecule has 0 radical (unpaired) electrons. The van der Waals surface area contributed by atoms with Gasteiger partial charge in [0.15, 0.2) is 0 Å². The number of hydrogen-bond acceptors (Lipinski definition) is 2. The van der Waals surface area contributed by atoms with E-state index in [2.05, 4.69) is 12.2 Å². The van der Waals surface area contributed by atoms with Gasteiger partial charge in [0.2, 0.25) is 0 Å². The smallest absolute Gasteiger partial charge is 0.0743 e. The van der Waals surface area contributed by atoms with Crippen molar-refractivity contribution in [3.63, 3.8) is 0 Å². The molecular weight excluding hydrogens is 160 g/mol.